The van der Waals surface area contributed by atoms with Gasteiger partial charge < -0.3 is 14.9 Å². The molecule has 0 spiro atoms. The number of aryl methyl sites for hydroxylation is 1. The number of hydrogen-bond donors (Lipinski definition) is 2. The van der Waals surface area contributed by atoms with Crippen LogP contribution in [0.4, 0.5) is 0 Å². The average Bonchev–Trinajstić information content (AvgIpc) is 3.16. The highest BCUT2D eigenvalue weighted by Gasteiger charge is 2.24. The van der Waals surface area contributed by atoms with Crippen LogP contribution in [0.3, 0.4) is 0 Å². The lowest BCUT2D eigenvalue weighted by Crippen LogP contribution is -2.39. The van der Waals surface area contributed by atoms with E-state index in [-0.39, 0.29) is 17.0 Å². The van der Waals surface area contributed by atoms with Gasteiger partial charge in [0.1, 0.15) is 17.5 Å². The van der Waals surface area contributed by atoms with Crippen molar-refractivity contribution in [3.63, 3.8) is 0 Å². The molecule has 2 N–H and O–H groups in total. The number of rotatable bonds is 5. The van der Waals surface area contributed by atoms with Crippen LogP contribution in [-0.2, 0) is 17.6 Å². The molecule has 7 nitrogen and oxygen atoms in total. The van der Waals surface area contributed by atoms with E-state index in [9.17, 15) is 14.9 Å². The molecule has 7 heteroatoms. The number of para-hydroxylation sites is 2. The zero-order valence-corrected chi connectivity index (χ0v) is 18.0. The van der Waals surface area contributed by atoms with Gasteiger partial charge in [0.25, 0.3) is 5.56 Å². The molecule has 1 aliphatic rings. The third-order valence-electron chi connectivity index (χ3n) is 6.40. The van der Waals surface area contributed by atoms with E-state index in [1.165, 1.54) is 0 Å². The summed E-state index contributed by atoms with van der Waals surface area (Å²) in [6, 6.07) is 10.0. The molecule has 1 fully saturated rings. The molecule has 1 amide bonds. The van der Waals surface area contributed by atoms with E-state index in [1.807, 2.05) is 42.2 Å². The number of H-pyrrole nitrogens is 2. The molecule has 0 aliphatic carbocycles. The Bertz CT molecular complexity index is 1180. The average molecular weight is 418 g/mol. The topological polar surface area (TPSA) is 106 Å². The number of hydrogen-bond acceptors (Lipinski definition) is 4. The van der Waals surface area contributed by atoms with E-state index in [0.29, 0.717) is 24.3 Å². The van der Waals surface area contributed by atoms with E-state index in [0.717, 1.165) is 60.5 Å². The van der Waals surface area contributed by atoms with Crippen LogP contribution in [0.15, 0.2) is 29.1 Å². The number of amides is 1. The smallest absolute Gasteiger partial charge is 0.266 e. The van der Waals surface area contributed by atoms with Crippen LogP contribution in [0, 0.1) is 31.1 Å². The highest BCUT2D eigenvalue weighted by atomic mass is 16.2. The highest BCUT2D eigenvalue weighted by Crippen LogP contribution is 2.23. The third kappa shape index (κ3) is 4.38. The second-order valence-electron chi connectivity index (χ2n) is 8.40. The molecule has 3 heterocycles. The second-order valence-corrected chi connectivity index (χ2v) is 8.40. The zero-order chi connectivity index (χ0) is 22.0. The summed E-state index contributed by atoms with van der Waals surface area (Å²) >= 11 is 0. The maximum Gasteiger partial charge on any atom is 0.266 e. The number of nitriles is 1. The molecular formula is C24H27N5O2. The SMILES string of the molecule is Cc1[nH]c(=O)c(C#N)c(C)c1CCC(=O)N1CCC(Cc2nc3ccccc3[nH]2)CC1. The van der Waals surface area contributed by atoms with Gasteiger partial charge >= 0.3 is 0 Å². The second kappa shape index (κ2) is 8.76. The summed E-state index contributed by atoms with van der Waals surface area (Å²) in [7, 11) is 0. The number of likely N-dealkylation sites (tertiary alicyclic amines) is 1. The van der Waals surface area contributed by atoms with Crippen LogP contribution in [0.1, 0.15) is 47.5 Å². The van der Waals surface area contributed by atoms with Gasteiger partial charge in [0.15, 0.2) is 0 Å². The Morgan fingerprint density at radius 2 is 1.97 bits per heavy atom. The van der Waals surface area contributed by atoms with Crippen LogP contribution < -0.4 is 5.56 Å². The molecule has 1 aromatic carbocycles. The predicted octanol–water partition coefficient (Wildman–Crippen LogP) is 3.15. The standard InChI is InChI=1S/C24H27N5O2/c1-15-18(16(2)26-24(31)19(15)14-25)7-8-23(30)29-11-9-17(10-12-29)13-22-27-20-5-3-4-6-21(20)28-22/h3-6,17H,7-13H2,1-2H3,(H,26,31)(H,27,28). The van der Waals surface area contributed by atoms with Gasteiger partial charge in [0, 0.05) is 31.6 Å². The minimum absolute atomic E-state index is 0.130. The van der Waals surface area contributed by atoms with E-state index < -0.39 is 0 Å². The Morgan fingerprint density at radius 1 is 1.23 bits per heavy atom. The molecule has 3 aromatic rings. The lowest BCUT2D eigenvalue weighted by Gasteiger charge is -2.32. The first-order chi connectivity index (χ1) is 15.0. The molecule has 2 aromatic heterocycles. The Hall–Kier alpha value is -3.40. The van der Waals surface area contributed by atoms with Crippen LogP contribution in [0.2, 0.25) is 0 Å². The van der Waals surface area contributed by atoms with Crippen molar-refractivity contribution in [2.24, 2.45) is 5.92 Å². The molecule has 0 radical (unpaired) electrons. The van der Waals surface area contributed by atoms with Crippen LogP contribution in [-0.4, -0.2) is 38.8 Å². The van der Waals surface area contributed by atoms with Gasteiger partial charge in [-0.1, -0.05) is 12.1 Å². The number of carbonyl (C=O) groups is 1. The van der Waals surface area contributed by atoms with Gasteiger partial charge in [-0.25, -0.2) is 4.98 Å². The van der Waals surface area contributed by atoms with Crippen molar-refractivity contribution >= 4 is 16.9 Å². The molecule has 1 aliphatic heterocycles. The number of aromatic nitrogens is 3. The Morgan fingerprint density at radius 3 is 2.68 bits per heavy atom. The molecule has 4 rings (SSSR count). The van der Waals surface area contributed by atoms with E-state index in [1.54, 1.807) is 6.92 Å². The lowest BCUT2D eigenvalue weighted by atomic mass is 9.92. The highest BCUT2D eigenvalue weighted by molar-refractivity contribution is 5.76. The molecule has 31 heavy (non-hydrogen) atoms. The van der Waals surface area contributed by atoms with E-state index >= 15 is 0 Å². The fraction of sp³-hybridized carbons (Fsp3) is 0.417. The van der Waals surface area contributed by atoms with Crippen molar-refractivity contribution in [3.8, 4) is 6.07 Å². The number of nitrogens with one attached hydrogen (secondary N) is 2. The van der Waals surface area contributed by atoms with Crippen molar-refractivity contribution in [1.29, 1.82) is 5.26 Å². The van der Waals surface area contributed by atoms with Gasteiger partial charge in [-0.2, -0.15) is 5.26 Å². The first-order valence-electron chi connectivity index (χ1n) is 10.8. The number of carbonyl (C=O) groups excluding carboxylic acids is 1. The van der Waals surface area contributed by atoms with Crippen molar-refractivity contribution in [1.82, 2.24) is 19.9 Å². The summed E-state index contributed by atoms with van der Waals surface area (Å²) in [5.41, 5.74) is 4.15. The molecule has 0 saturated carbocycles. The maximum absolute atomic E-state index is 12.8. The van der Waals surface area contributed by atoms with E-state index in [4.69, 9.17) is 0 Å². The summed E-state index contributed by atoms with van der Waals surface area (Å²) < 4.78 is 0. The van der Waals surface area contributed by atoms with Gasteiger partial charge in [-0.3, -0.25) is 9.59 Å². The molecule has 0 bridgehead atoms. The predicted molar refractivity (Wildman–Crippen MR) is 119 cm³/mol. The van der Waals surface area contributed by atoms with Gasteiger partial charge in [-0.05, 0) is 62.3 Å². The quantitative estimate of drug-likeness (QED) is 0.665. The maximum atomic E-state index is 12.8. The summed E-state index contributed by atoms with van der Waals surface area (Å²) in [4.78, 5) is 37.4. The fourth-order valence-corrected chi connectivity index (χ4v) is 4.57. The van der Waals surface area contributed by atoms with Crippen molar-refractivity contribution < 1.29 is 4.79 Å². The number of imidazole rings is 1. The number of nitrogens with zero attached hydrogens (tertiary/aromatic N) is 3. The first kappa shape index (κ1) is 20.9. The summed E-state index contributed by atoms with van der Waals surface area (Å²) in [5, 5.41) is 9.22. The Labute approximate surface area is 181 Å². The lowest BCUT2D eigenvalue weighted by molar-refractivity contribution is -0.132. The van der Waals surface area contributed by atoms with Crippen LogP contribution >= 0.6 is 0 Å². The molecule has 1 saturated heterocycles. The minimum Gasteiger partial charge on any atom is -0.343 e. The molecule has 0 unspecified atom stereocenters. The van der Waals surface area contributed by atoms with Crippen LogP contribution in [0.5, 0.6) is 0 Å². The number of aromatic amines is 2. The Kier molecular flexibility index (Phi) is 5.90. The normalized spacial score (nSPS) is 14.7. The summed E-state index contributed by atoms with van der Waals surface area (Å²) in [6.45, 7) is 5.12. The largest absolute Gasteiger partial charge is 0.343 e. The van der Waals surface area contributed by atoms with Crippen molar-refractivity contribution in [3.05, 3.63) is 62.8 Å². The van der Waals surface area contributed by atoms with Gasteiger partial charge in [0.2, 0.25) is 5.91 Å². The fourth-order valence-electron chi connectivity index (χ4n) is 4.57. The number of piperidine rings is 1. The van der Waals surface area contributed by atoms with Crippen molar-refractivity contribution in [2.75, 3.05) is 13.1 Å². The Balaban J connectivity index is 1.32. The van der Waals surface area contributed by atoms with Gasteiger partial charge in [0.05, 0.1) is 11.0 Å². The number of fused-ring (bicyclic) bond motifs is 1. The zero-order valence-electron chi connectivity index (χ0n) is 18.0. The van der Waals surface area contributed by atoms with Gasteiger partial charge in [-0.15, -0.1) is 0 Å². The molecular weight excluding hydrogens is 390 g/mol. The summed E-state index contributed by atoms with van der Waals surface area (Å²) in [5.74, 6) is 1.67. The van der Waals surface area contributed by atoms with Crippen molar-refractivity contribution in [2.45, 2.75) is 46.0 Å². The summed E-state index contributed by atoms with van der Waals surface area (Å²) in [6.07, 6.45) is 3.76. The first-order valence-corrected chi connectivity index (χ1v) is 10.8. The molecule has 160 valence electrons. The minimum atomic E-state index is -0.362. The van der Waals surface area contributed by atoms with E-state index in [2.05, 4.69) is 15.0 Å². The molecule has 0 atom stereocenters. The monoisotopic (exact) mass is 417 g/mol. The number of pyridine rings is 1. The van der Waals surface area contributed by atoms with Crippen LogP contribution in [0.25, 0.3) is 11.0 Å². The third-order valence-corrected chi connectivity index (χ3v) is 6.40. The number of benzene rings is 1.